The first-order valence-corrected chi connectivity index (χ1v) is 7.62. The molecule has 3 rings (SSSR count). The summed E-state index contributed by atoms with van der Waals surface area (Å²) in [5, 5.41) is 3.16. The van der Waals surface area contributed by atoms with Gasteiger partial charge >= 0.3 is 0 Å². The smallest absolute Gasteiger partial charge is 0.0901 e. The summed E-state index contributed by atoms with van der Waals surface area (Å²) in [5.41, 5.74) is 5.66. The number of thiazole rings is 1. The number of aromatic nitrogens is 2. The summed E-state index contributed by atoms with van der Waals surface area (Å²) in [4.78, 5) is 9.10. The highest BCUT2D eigenvalue weighted by atomic mass is 32.1. The van der Waals surface area contributed by atoms with Gasteiger partial charge in [0.2, 0.25) is 0 Å². The number of nitrogens with zero attached hydrogens (tertiary/aromatic N) is 2. The predicted molar refractivity (Wildman–Crippen MR) is 84.9 cm³/mol. The molecule has 0 saturated carbocycles. The molecule has 0 bridgehead atoms. The largest absolute Gasteiger partial charge is 0.256 e. The summed E-state index contributed by atoms with van der Waals surface area (Å²) in [7, 11) is 0. The first kappa shape index (κ1) is 13.0. The van der Waals surface area contributed by atoms with Crippen LogP contribution >= 0.6 is 11.3 Å². The van der Waals surface area contributed by atoms with Crippen LogP contribution in [0.1, 0.15) is 17.5 Å². The molecular weight excluding hydrogens is 264 g/mol. The highest BCUT2D eigenvalue weighted by Crippen LogP contribution is 2.25. The third kappa shape index (κ3) is 2.49. The van der Waals surface area contributed by atoms with Crippen molar-refractivity contribution < 1.29 is 0 Å². The fourth-order valence-corrected chi connectivity index (χ4v) is 2.90. The lowest BCUT2D eigenvalue weighted by atomic mass is 10.0. The Morgan fingerprint density at radius 2 is 1.90 bits per heavy atom. The maximum absolute atomic E-state index is 4.61. The predicted octanol–water partition coefficient (Wildman–Crippen LogP) is 4.74. The number of hydrogen-bond donors (Lipinski definition) is 0. The normalized spacial score (nSPS) is 10.7. The average Bonchev–Trinajstić information content (AvgIpc) is 2.94. The minimum Gasteiger partial charge on any atom is -0.256 e. The van der Waals surface area contributed by atoms with Crippen molar-refractivity contribution in [1.82, 2.24) is 9.97 Å². The van der Waals surface area contributed by atoms with Crippen LogP contribution < -0.4 is 0 Å². The molecule has 0 fully saturated rings. The van der Waals surface area contributed by atoms with E-state index in [0.29, 0.717) is 0 Å². The van der Waals surface area contributed by atoms with Crippen LogP contribution in [-0.4, -0.2) is 9.97 Å². The molecule has 0 N–H and O–H groups in total. The highest BCUT2D eigenvalue weighted by Gasteiger charge is 2.06. The zero-order chi connectivity index (χ0) is 13.9. The van der Waals surface area contributed by atoms with E-state index in [1.54, 1.807) is 11.3 Å². The van der Waals surface area contributed by atoms with Gasteiger partial charge in [-0.2, -0.15) is 0 Å². The van der Waals surface area contributed by atoms with Gasteiger partial charge in [-0.3, -0.25) is 4.98 Å². The molecule has 0 aliphatic heterocycles. The van der Waals surface area contributed by atoms with Gasteiger partial charge in [-0.1, -0.05) is 31.2 Å². The van der Waals surface area contributed by atoms with Crippen molar-refractivity contribution in [3.8, 4) is 22.5 Å². The molecule has 3 heteroatoms. The molecular formula is C17H16N2S. The minimum atomic E-state index is 1.01. The Kier molecular flexibility index (Phi) is 3.61. The zero-order valence-corrected chi connectivity index (χ0v) is 12.4. The standard InChI is InChI=1S/C17H16N2S/c1-3-13-6-4-5-7-15(13)16-9-8-14(10-18-16)17-11-20-12(2)19-17/h4-11H,3H2,1-2H3. The Balaban J connectivity index is 1.97. The Morgan fingerprint density at radius 3 is 2.55 bits per heavy atom. The van der Waals surface area contributed by atoms with Crippen molar-refractivity contribution in [2.45, 2.75) is 20.3 Å². The Hall–Kier alpha value is -2.00. The Bertz CT molecular complexity index is 714. The second-order valence-corrected chi connectivity index (χ2v) is 5.76. The van der Waals surface area contributed by atoms with E-state index >= 15 is 0 Å². The van der Waals surface area contributed by atoms with E-state index < -0.39 is 0 Å². The number of aryl methyl sites for hydroxylation is 2. The van der Waals surface area contributed by atoms with Gasteiger partial charge in [-0.05, 0) is 31.0 Å². The van der Waals surface area contributed by atoms with Gasteiger partial charge in [0.1, 0.15) is 0 Å². The monoisotopic (exact) mass is 280 g/mol. The summed E-state index contributed by atoms with van der Waals surface area (Å²) in [6.45, 7) is 4.19. The summed E-state index contributed by atoms with van der Waals surface area (Å²) >= 11 is 1.67. The number of benzene rings is 1. The molecule has 2 heterocycles. The summed E-state index contributed by atoms with van der Waals surface area (Å²) in [5.74, 6) is 0. The fraction of sp³-hybridized carbons (Fsp3) is 0.176. The molecule has 0 radical (unpaired) electrons. The number of hydrogen-bond acceptors (Lipinski definition) is 3. The molecule has 3 aromatic rings. The first-order chi connectivity index (χ1) is 9.78. The maximum atomic E-state index is 4.61. The van der Waals surface area contributed by atoms with Crippen molar-refractivity contribution in [2.24, 2.45) is 0 Å². The third-order valence-electron chi connectivity index (χ3n) is 3.35. The number of pyridine rings is 1. The van der Waals surface area contributed by atoms with Gasteiger partial charge in [-0.25, -0.2) is 4.98 Å². The van der Waals surface area contributed by atoms with E-state index in [2.05, 4.69) is 58.7 Å². The minimum absolute atomic E-state index is 1.01. The Morgan fingerprint density at radius 1 is 1.05 bits per heavy atom. The van der Waals surface area contributed by atoms with Crippen LogP contribution in [0.4, 0.5) is 0 Å². The topological polar surface area (TPSA) is 25.8 Å². The van der Waals surface area contributed by atoms with Crippen molar-refractivity contribution in [3.05, 3.63) is 58.5 Å². The molecule has 0 amide bonds. The van der Waals surface area contributed by atoms with E-state index in [0.717, 1.165) is 28.4 Å². The summed E-state index contributed by atoms with van der Waals surface area (Å²) < 4.78 is 0. The van der Waals surface area contributed by atoms with E-state index in [1.807, 2.05) is 13.1 Å². The van der Waals surface area contributed by atoms with Crippen LogP contribution in [0, 0.1) is 6.92 Å². The van der Waals surface area contributed by atoms with E-state index in [4.69, 9.17) is 0 Å². The van der Waals surface area contributed by atoms with Crippen LogP contribution in [0.3, 0.4) is 0 Å². The van der Waals surface area contributed by atoms with Gasteiger partial charge in [-0.15, -0.1) is 11.3 Å². The van der Waals surface area contributed by atoms with E-state index in [-0.39, 0.29) is 0 Å². The van der Waals surface area contributed by atoms with Crippen LogP contribution in [0.25, 0.3) is 22.5 Å². The summed E-state index contributed by atoms with van der Waals surface area (Å²) in [6, 6.07) is 12.6. The molecule has 2 aromatic heterocycles. The van der Waals surface area contributed by atoms with Gasteiger partial charge in [0.15, 0.2) is 0 Å². The lowest BCUT2D eigenvalue weighted by molar-refractivity contribution is 1.13. The van der Waals surface area contributed by atoms with Crippen molar-refractivity contribution >= 4 is 11.3 Å². The Labute approximate surface area is 123 Å². The average molecular weight is 280 g/mol. The lowest BCUT2D eigenvalue weighted by Gasteiger charge is -2.07. The molecule has 20 heavy (non-hydrogen) atoms. The quantitative estimate of drug-likeness (QED) is 0.692. The van der Waals surface area contributed by atoms with Crippen LogP contribution in [0.2, 0.25) is 0 Å². The molecule has 0 saturated heterocycles. The molecule has 1 aromatic carbocycles. The van der Waals surface area contributed by atoms with Gasteiger partial charge in [0, 0.05) is 22.7 Å². The van der Waals surface area contributed by atoms with Crippen LogP contribution in [0.5, 0.6) is 0 Å². The second-order valence-electron chi connectivity index (χ2n) is 4.69. The van der Waals surface area contributed by atoms with Crippen LogP contribution in [-0.2, 0) is 6.42 Å². The first-order valence-electron chi connectivity index (χ1n) is 6.74. The molecule has 100 valence electrons. The van der Waals surface area contributed by atoms with Crippen LogP contribution in [0.15, 0.2) is 48.0 Å². The second kappa shape index (κ2) is 5.55. The molecule has 0 spiro atoms. The zero-order valence-electron chi connectivity index (χ0n) is 11.6. The fourth-order valence-electron chi connectivity index (χ4n) is 2.28. The van der Waals surface area contributed by atoms with Gasteiger partial charge in [0.05, 0.1) is 16.4 Å². The number of rotatable bonds is 3. The molecule has 0 aliphatic carbocycles. The van der Waals surface area contributed by atoms with Gasteiger partial charge in [0.25, 0.3) is 0 Å². The molecule has 0 atom stereocenters. The summed E-state index contributed by atoms with van der Waals surface area (Å²) in [6.07, 6.45) is 2.93. The SMILES string of the molecule is CCc1ccccc1-c1ccc(-c2csc(C)n2)cn1. The molecule has 0 unspecified atom stereocenters. The van der Waals surface area contributed by atoms with Gasteiger partial charge < -0.3 is 0 Å². The van der Waals surface area contributed by atoms with E-state index in [9.17, 15) is 0 Å². The van der Waals surface area contributed by atoms with E-state index in [1.165, 1.54) is 11.1 Å². The molecule has 2 nitrogen and oxygen atoms in total. The van der Waals surface area contributed by atoms with Crippen molar-refractivity contribution in [3.63, 3.8) is 0 Å². The highest BCUT2D eigenvalue weighted by molar-refractivity contribution is 7.09. The maximum Gasteiger partial charge on any atom is 0.0901 e. The van der Waals surface area contributed by atoms with Crippen molar-refractivity contribution in [1.29, 1.82) is 0 Å². The lowest BCUT2D eigenvalue weighted by Crippen LogP contribution is -1.90. The molecule has 0 aliphatic rings. The third-order valence-corrected chi connectivity index (χ3v) is 4.13. The van der Waals surface area contributed by atoms with Crippen molar-refractivity contribution in [2.75, 3.05) is 0 Å².